The number of hydrogen-bond acceptors (Lipinski definition) is 3. The molecule has 1 saturated heterocycles. The number of halogens is 3. The van der Waals surface area contributed by atoms with Crippen LogP contribution in [0, 0.1) is 5.92 Å². The largest absolute Gasteiger partial charge is 0.573 e. The number of alkyl halides is 3. The number of hydrogen-bond donors (Lipinski definition) is 0. The van der Waals surface area contributed by atoms with E-state index in [4.69, 9.17) is 4.74 Å². The van der Waals surface area contributed by atoms with Gasteiger partial charge in [-0.25, -0.2) is 0 Å². The van der Waals surface area contributed by atoms with Gasteiger partial charge >= 0.3 is 6.36 Å². The van der Waals surface area contributed by atoms with E-state index in [9.17, 15) is 18.0 Å². The first-order chi connectivity index (χ1) is 16.8. The van der Waals surface area contributed by atoms with Crippen LogP contribution in [0.25, 0.3) is 0 Å². The fraction of sp³-hybridized carbons (Fsp3) is 0.321. The molecule has 0 spiro atoms. The fourth-order valence-electron chi connectivity index (χ4n) is 4.82. The Kier molecular flexibility index (Phi) is 7.76. The third-order valence-corrected chi connectivity index (χ3v) is 6.38. The van der Waals surface area contributed by atoms with Crippen LogP contribution in [0.3, 0.4) is 0 Å². The van der Waals surface area contributed by atoms with Crippen molar-refractivity contribution in [3.8, 4) is 5.75 Å². The van der Waals surface area contributed by atoms with Crippen molar-refractivity contribution in [2.45, 2.75) is 38.3 Å². The molecule has 1 aliphatic rings. The lowest BCUT2D eigenvalue weighted by molar-refractivity contribution is -0.274. The number of likely N-dealkylation sites (tertiary alicyclic amines) is 1. The fourth-order valence-corrected chi connectivity index (χ4v) is 4.82. The summed E-state index contributed by atoms with van der Waals surface area (Å²) in [6.45, 7) is 2.83. The van der Waals surface area contributed by atoms with Crippen molar-refractivity contribution in [3.05, 3.63) is 102 Å². The van der Waals surface area contributed by atoms with Crippen molar-refractivity contribution in [2.75, 3.05) is 13.1 Å². The van der Waals surface area contributed by atoms with Crippen LogP contribution in [0.4, 0.5) is 13.2 Å². The molecule has 35 heavy (non-hydrogen) atoms. The van der Waals surface area contributed by atoms with Crippen LogP contribution in [-0.2, 0) is 16.1 Å². The summed E-state index contributed by atoms with van der Waals surface area (Å²) in [7, 11) is 0. The maximum Gasteiger partial charge on any atom is 0.573 e. The Labute approximate surface area is 203 Å². The van der Waals surface area contributed by atoms with E-state index in [2.05, 4.69) is 29.0 Å². The number of carbonyl (C=O) groups excluding carboxylic acids is 1. The lowest BCUT2D eigenvalue weighted by Crippen LogP contribution is -2.48. The Morgan fingerprint density at radius 3 is 2.17 bits per heavy atom. The van der Waals surface area contributed by atoms with Crippen LogP contribution in [0.5, 0.6) is 5.75 Å². The number of carbonyl (C=O) groups is 1. The monoisotopic (exact) mass is 483 g/mol. The molecule has 1 heterocycles. The number of amides is 1. The van der Waals surface area contributed by atoms with Crippen LogP contribution in [0.1, 0.15) is 36.0 Å². The Balaban J connectivity index is 1.60. The Hall–Kier alpha value is -3.32. The van der Waals surface area contributed by atoms with Gasteiger partial charge in [-0.3, -0.25) is 4.79 Å². The molecule has 0 unspecified atom stereocenters. The van der Waals surface area contributed by atoms with E-state index in [1.165, 1.54) is 18.2 Å². The van der Waals surface area contributed by atoms with Crippen molar-refractivity contribution in [1.82, 2.24) is 4.90 Å². The molecule has 4 nitrogen and oxygen atoms in total. The van der Waals surface area contributed by atoms with Gasteiger partial charge in [0.25, 0.3) is 0 Å². The molecule has 3 aromatic carbocycles. The molecular formula is C28H28F3NO3. The van der Waals surface area contributed by atoms with E-state index in [0.29, 0.717) is 25.1 Å². The zero-order chi connectivity index (χ0) is 24.8. The van der Waals surface area contributed by atoms with Crippen molar-refractivity contribution in [3.63, 3.8) is 0 Å². The zero-order valence-corrected chi connectivity index (χ0v) is 19.4. The van der Waals surface area contributed by atoms with Gasteiger partial charge in [-0.2, -0.15) is 0 Å². The zero-order valence-electron chi connectivity index (χ0n) is 19.4. The third kappa shape index (κ3) is 6.63. The summed E-state index contributed by atoms with van der Waals surface area (Å²) in [4.78, 5) is 14.1. The topological polar surface area (TPSA) is 38.8 Å². The van der Waals surface area contributed by atoms with Gasteiger partial charge in [-0.1, -0.05) is 72.8 Å². The van der Waals surface area contributed by atoms with Gasteiger partial charge in [0.05, 0.1) is 12.7 Å². The molecule has 2 atom stereocenters. The standard InChI is InChI=1S/C28H28F3NO3/c1-20(33)32-16-15-26(34-19-21-9-8-14-24(17-21)35-28(29,30)31)25(18-32)27(22-10-4-2-5-11-22)23-12-6-3-7-13-23/h2-14,17,25-27H,15-16,18-19H2,1H3/t25-,26+/m0/s1. The molecule has 0 aromatic heterocycles. The predicted octanol–water partition coefficient (Wildman–Crippen LogP) is 6.17. The third-order valence-electron chi connectivity index (χ3n) is 6.38. The predicted molar refractivity (Wildman–Crippen MR) is 127 cm³/mol. The normalized spacial score (nSPS) is 18.5. The summed E-state index contributed by atoms with van der Waals surface area (Å²) < 4.78 is 48.3. The molecule has 0 bridgehead atoms. The minimum atomic E-state index is -4.75. The number of piperidine rings is 1. The first-order valence-corrected chi connectivity index (χ1v) is 11.6. The Morgan fingerprint density at radius 1 is 0.971 bits per heavy atom. The molecule has 0 aliphatic carbocycles. The highest BCUT2D eigenvalue weighted by Crippen LogP contribution is 2.39. The Bertz CT molecular complexity index is 1070. The summed E-state index contributed by atoms with van der Waals surface area (Å²) in [6, 6.07) is 26.1. The van der Waals surface area contributed by atoms with Gasteiger partial charge in [0.2, 0.25) is 5.91 Å². The lowest BCUT2D eigenvalue weighted by Gasteiger charge is -2.42. The van der Waals surface area contributed by atoms with Crippen LogP contribution in [0.15, 0.2) is 84.9 Å². The highest BCUT2D eigenvalue weighted by atomic mass is 19.4. The van der Waals surface area contributed by atoms with E-state index in [1.807, 2.05) is 41.3 Å². The lowest BCUT2D eigenvalue weighted by atomic mass is 9.75. The quantitative estimate of drug-likeness (QED) is 0.403. The number of benzene rings is 3. The molecule has 0 saturated carbocycles. The smallest absolute Gasteiger partial charge is 0.406 e. The minimum Gasteiger partial charge on any atom is -0.406 e. The molecule has 0 N–H and O–H groups in total. The second kappa shape index (κ2) is 11.0. The maximum absolute atomic E-state index is 12.6. The highest BCUT2D eigenvalue weighted by molar-refractivity contribution is 5.73. The maximum atomic E-state index is 12.6. The molecule has 184 valence electrons. The van der Waals surface area contributed by atoms with E-state index >= 15 is 0 Å². The summed E-state index contributed by atoms with van der Waals surface area (Å²) in [5.41, 5.74) is 2.85. The van der Waals surface area contributed by atoms with E-state index in [0.717, 1.165) is 11.1 Å². The number of nitrogens with zero attached hydrogens (tertiary/aromatic N) is 1. The summed E-state index contributed by atoms with van der Waals surface area (Å²) >= 11 is 0. The van der Waals surface area contributed by atoms with E-state index in [1.54, 1.807) is 13.0 Å². The average molecular weight is 484 g/mol. The highest BCUT2D eigenvalue weighted by Gasteiger charge is 2.38. The van der Waals surface area contributed by atoms with Gasteiger partial charge < -0.3 is 14.4 Å². The van der Waals surface area contributed by atoms with Crippen molar-refractivity contribution in [2.24, 2.45) is 5.92 Å². The van der Waals surface area contributed by atoms with Gasteiger partial charge in [-0.15, -0.1) is 13.2 Å². The Morgan fingerprint density at radius 2 is 1.60 bits per heavy atom. The first kappa shape index (κ1) is 24.8. The van der Waals surface area contributed by atoms with Crippen LogP contribution in [-0.4, -0.2) is 36.4 Å². The van der Waals surface area contributed by atoms with E-state index in [-0.39, 0.29) is 36.2 Å². The van der Waals surface area contributed by atoms with Gasteiger partial charge in [0.1, 0.15) is 5.75 Å². The molecule has 1 amide bonds. The minimum absolute atomic E-state index is 0.00977. The van der Waals surface area contributed by atoms with Crippen molar-refractivity contribution in [1.29, 1.82) is 0 Å². The summed E-state index contributed by atoms with van der Waals surface area (Å²) in [6.07, 6.45) is -4.30. The van der Waals surface area contributed by atoms with Crippen molar-refractivity contribution < 1.29 is 27.4 Å². The van der Waals surface area contributed by atoms with Gasteiger partial charge in [0.15, 0.2) is 0 Å². The molecule has 3 aromatic rings. The second-order valence-corrected chi connectivity index (χ2v) is 8.76. The summed E-state index contributed by atoms with van der Waals surface area (Å²) in [5.74, 6) is -0.296. The first-order valence-electron chi connectivity index (χ1n) is 11.6. The second-order valence-electron chi connectivity index (χ2n) is 8.76. The molecule has 4 rings (SSSR count). The van der Waals surface area contributed by atoms with E-state index < -0.39 is 6.36 Å². The van der Waals surface area contributed by atoms with Crippen LogP contribution >= 0.6 is 0 Å². The van der Waals surface area contributed by atoms with Gasteiger partial charge in [0, 0.05) is 31.8 Å². The molecule has 0 radical (unpaired) electrons. The molecule has 1 fully saturated rings. The molecular weight excluding hydrogens is 455 g/mol. The average Bonchev–Trinajstić information content (AvgIpc) is 2.84. The molecule has 1 aliphatic heterocycles. The number of ether oxygens (including phenoxy) is 2. The summed E-state index contributed by atoms with van der Waals surface area (Å²) in [5, 5.41) is 0. The number of rotatable bonds is 7. The van der Waals surface area contributed by atoms with Gasteiger partial charge in [-0.05, 0) is 35.2 Å². The molecule has 7 heteroatoms. The van der Waals surface area contributed by atoms with Crippen molar-refractivity contribution >= 4 is 5.91 Å². The van der Waals surface area contributed by atoms with Crippen LogP contribution < -0.4 is 4.74 Å². The van der Waals surface area contributed by atoms with Crippen LogP contribution in [0.2, 0.25) is 0 Å². The SMILES string of the molecule is CC(=O)N1CC[C@@H](OCc2cccc(OC(F)(F)F)c2)[C@@H](C(c2ccccc2)c2ccccc2)C1.